The topological polar surface area (TPSA) is 63.0 Å². The van der Waals surface area contributed by atoms with E-state index in [-0.39, 0.29) is 6.10 Å². The van der Waals surface area contributed by atoms with Gasteiger partial charge in [0.25, 0.3) is 0 Å². The number of aliphatic hydroxyl groups excluding tert-OH is 1. The Hall–Kier alpha value is -1.46. The van der Waals surface area contributed by atoms with Gasteiger partial charge < -0.3 is 10.4 Å². The van der Waals surface area contributed by atoms with Crippen molar-refractivity contribution >= 4 is 11.0 Å². The average Bonchev–Trinajstić information content (AvgIpc) is 2.89. The molecule has 0 radical (unpaired) electrons. The summed E-state index contributed by atoms with van der Waals surface area (Å²) >= 11 is 0. The van der Waals surface area contributed by atoms with Gasteiger partial charge in [-0.3, -0.25) is 0 Å². The van der Waals surface area contributed by atoms with Crippen LogP contribution in [0.2, 0.25) is 0 Å². The van der Waals surface area contributed by atoms with Crippen LogP contribution in [-0.2, 0) is 6.54 Å². The number of rotatable bonds is 7. The first-order valence-electron chi connectivity index (χ1n) is 7.73. The van der Waals surface area contributed by atoms with Crippen molar-refractivity contribution in [1.29, 1.82) is 0 Å². The smallest absolute Gasteiger partial charge is 0.157 e. The average molecular weight is 290 g/mol. The molecule has 0 saturated heterocycles. The molecular weight excluding hydrogens is 264 g/mol. The van der Waals surface area contributed by atoms with Crippen LogP contribution in [0.4, 0.5) is 0 Å². The van der Waals surface area contributed by atoms with Crippen molar-refractivity contribution in [2.75, 3.05) is 6.54 Å². The van der Waals surface area contributed by atoms with E-state index in [4.69, 9.17) is 0 Å². The van der Waals surface area contributed by atoms with Gasteiger partial charge in [-0.05, 0) is 31.4 Å². The monoisotopic (exact) mass is 290 g/mol. The van der Waals surface area contributed by atoms with Gasteiger partial charge in [0.1, 0.15) is 0 Å². The molecule has 5 heteroatoms. The maximum atomic E-state index is 9.94. The maximum absolute atomic E-state index is 9.94. The van der Waals surface area contributed by atoms with Crippen LogP contribution in [0, 0.1) is 5.92 Å². The van der Waals surface area contributed by atoms with Crippen LogP contribution in [-0.4, -0.2) is 32.5 Å². The van der Waals surface area contributed by atoms with Crippen LogP contribution >= 0.6 is 0 Å². The van der Waals surface area contributed by atoms with E-state index in [1.807, 2.05) is 17.1 Å². The summed E-state index contributed by atoms with van der Waals surface area (Å²) in [4.78, 5) is 4.51. The van der Waals surface area contributed by atoms with E-state index >= 15 is 0 Å². The minimum atomic E-state index is -0.296. The van der Waals surface area contributed by atoms with E-state index in [1.165, 1.54) is 0 Å². The Morgan fingerprint density at radius 3 is 2.71 bits per heavy atom. The summed E-state index contributed by atoms with van der Waals surface area (Å²) < 4.78 is 1.93. The number of nitrogens with one attached hydrogen (secondary N) is 1. The SMILES string of the molecule is CCC(C)C(O)CNCc1cnc2c(cnn2C(C)C)c1. The molecule has 2 unspecified atom stereocenters. The van der Waals surface area contributed by atoms with Crippen LogP contribution in [0.1, 0.15) is 45.7 Å². The predicted molar refractivity (Wildman–Crippen MR) is 85.1 cm³/mol. The number of aromatic nitrogens is 3. The van der Waals surface area contributed by atoms with Crippen LogP contribution in [0.15, 0.2) is 18.5 Å². The van der Waals surface area contributed by atoms with Gasteiger partial charge in [-0.25, -0.2) is 9.67 Å². The molecule has 2 heterocycles. The van der Waals surface area contributed by atoms with E-state index in [0.29, 0.717) is 25.0 Å². The fourth-order valence-electron chi connectivity index (χ4n) is 2.30. The highest BCUT2D eigenvalue weighted by molar-refractivity contribution is 5.75. The molecule has 0 spiro atoms. The largest absolute Gasteiger partial charge is 0.392 e. The molecule has 116 valence electrons. The number of fused-ring (bicyclic) bond motifs is 1. The first kappa shape index (κ1) is 15.9. The molecule has 0 fully saturated rings. The van der Waals surface area contributed by atoms with Gasteiger partial charge in [-0.1, -0.05) is 20.3 Å². The molecule has 0 aliphatic heterocycles. The second-order valence-corrected chi connectivity index (χ2v) is 6.02. The standard InChI is InChI=1S/C16H26N4O/c1-5-12(4)15(21)10-17-7-13-6-14-9-19-20(11(2)3)16(14)18-8-13/h6,8-9,11-12,15,17,21H,5,7,10H2,1-4H3. The highest BCUT2D eigenvalue weighted by atomic mass is 16.3. The van der Waals surface area contributed by atoms with Crippen molar-refractivity contribution in [1.82, 2.24) is 20.1 Å². The summed E-state index contributed by atoms with van der Waals surface area (Å²) in [5.74, 6) is 0.322. The maximum Gasteiger partial charge on any atom is 0.157 e. The van der Waals surface area contributed by atoms with Gasteiger partial charge in [-0.15, -0.1) is 0 Å². The second kappa shape index (κ2) is 7.00. The van der Waals surface area contributed by atoms with Crippen molar-refractivity contribution in [2.45, 2.75) is 52.8 Å². The highest BCUT2D eigenvalue weighted by Crippen LogP contribution is 2.16. The number of hydrogen-bond acceptors (Lipinski definition) is 4. The molecule has 0 amide bonds. The van der Waals surface area contributed by atoms with Gasteiger partial charge in [0, 0.05) is 30.7 Å². The number of aliphatic hydroxyl groups is 1. The summed E-state index contributed by atoms with van der Waals surface area (Å²) in [6.45, 7) is 9.68. The lowest BCUT2D eigenvalue weighted by Gasteiger charge is -2.17. The molecule has 0 bridgehead atoms. The Morgan fingerprint density at radius 2 is 2.05 bits per heavy atom. The molecule has 21 heavy (non-hydrogen) atoms. The summed E-state index contributed by atoms with van der Waals surface area (Å²) in [6.07, 6.45) is 4.44. The van der Waals surface area contributed by atoms with Crippen LogP contribution in [0.25, 0.3) is 11.0 Å². The summed E-state index contributed by atoms with van der Waals surface area (Å²) in [5, 5.41) is 18.7. The van der Waals surface area contributed by atoms with Crippen molar-refractivity contribution in [3.8, 4) is 0 Å². The van der Waals surface area contributed by atoms with E-state index in [2.05, 4.69) is 49.2 Å². The third-order valence-corrected chi connectivity index (χ3v) is 3.96. The molecular formula is C16H26N4O. The molecule has 2 N–H and O–H groups in total. The van der Waals surface area contributed by atoms with Gasteiger partial charge in [0.15, 0.2) is 5.65 Å². The van der Waals surface area contributed by atoms with Crippen molar-refractivity contribution in [3.63, 3.8) is 0 Å². The summed E-state index contributed by atoms with van der Waals surface area (Å²) in [5.41, 5.74) is 2.04. The van der Waals surface area contributed by atoms with Crippen LogP contribution in [0.5, 0.6) is 0 Å². The molecule has 2 rings (SSSR count). The molecule has 5 nitrogen and oxygen atoms in total. The third kappa shape index (κ3) is 3.80. The fraction of sp³-hybridized carbons (Fsp3) is 0.625. The molecule has 0 saturated carbocycles. The summed E-state index contributed by atoms with van der Waals surface area (Å²) in [6, 6.07) is 2.42. The Kier molecular flexibility index (Phi) is 5.31. The first-order chi connectivity index (χ1) is 10.0. The lowest BCUT2D eigenvalue weighted by atomic mass is 10.0. The zero-order chi connectivity index (χ0) is 15.4. The Bertz CT molecular complexity index is 579. The summed E-state index contributed by atoms with van der Waals surface area (Å²) in [7, 11) is 0. The lowest BCUT2D eigenvalue weighted by molar-refractivity contribution is 0.113. The van der Waals surface area contributed by atoms with E-state index in [9.17, 15) is 5.11 Å². The van der Waals surface area contributed by atoms with Gasteiger partial charge in [0.05, 0.1) is 12.3 Å². The second-order valence-electron chi connectivity index (χ2n) is 6.02. The van der Waals surface area contributed by atoms with E-state index < -0.39 is 0 Å². The Morgan fingerprint density at radius 1 is 1.29 bits per heavy atom. The normalized spacial score (nSPS) is 14.8. The molecule has 0 aliphatic rings. The van der Waals surface area contributed by atoms with E-state index in [1.54, 1.807) is 0 Å². The number of nitrogens with zero attached hydrogens (tertiary/aromatic N) is 3. The van der Waals surface area contributed by atoms with Crippen molar-refractivity contribution in [2.24, 2.45) is 5.92 Å². The Balaban J connectivity index is 1.97. The van der Waals surface area contributed by atoms with Gasteiger partial charge in [0.2, 0.25) is 0 Å². The van der Waals surface area contributed by atoms with Gasteiger partial charge >= 0.3 is 0 Å². The highest BCUT2D eigenvalue weighted by Gasteiger charge is 2.12. The lowest BCUT2D eigenvalue weighted by Crippen LogP contribution is -2.31. The van der Waals surface area contributed by atoms with Crippen LogP contribution < -0.4 is 5.32 Å². The minimum absolute atomic E-state index is 0.296. The van der Waals surface area contributed by atoms with Crippen molar-refractivity contribution in [3.05, 3.63) is 24.0 Å². The van der Waals surface area contributed by atoms with Gasteiger partial charge in [-0.2, -0.15) is 5.10 Å². The van der Waals surface area contributed by atoms with E-state index in [0.717, 1.165) is 23.0 Å². The minimum Gasteiger partial charge on any atom is -0.392 e. The predicted octanol–water partition coefficient (Wildman–Crippen LogP) is 2.51. The molecule has 2 aromatic rings. The molecule has 2 aromatic heterocycles. The fourth-order valence-corrected chi connectivity index (χ4v) is 2.30. The Labute approximate surface area is 126 Å². The molecule has 0 aliphatic carbocycles. The zero-order valence-corrected chi connectivity index (χ0v) is 13.4. The molecule has 0 aromatic carbocycles. The number of pyridine rings is 1. The third-order valence-electron chi connectivity index (χ3n) is 3.96. The van der Waals surface area contributed by atoms with Crippen molar-refractivity contribution < 1.29 is 5.11 Å². The molecule has 2 atom stereocenters. The first-order valence-corrected chi connectivity index (χ1v) is 7.73. The number of hydrogen-bond donors (Lipinski definition) is 2. The van der Waals surface area contributed by atoms with Crippen LogP contribution in [0.3, 0.4) is 0 Å². The quantitative estimate of drug-likeness (QED) is 0.822. The zero-order valence-electron chi connectivity index (χ0n) is 13.4.